The van der Waals surface area contributed by atoms with Crippen molar-refractivity contribution < 1.29 is 9.53 Å². The maximum Gasteiger partial charge on any atom is 0.277 e. The topological polar surface area (TPSA) is 53.9 Å². The Kier molecular flexibility index (Phi) is 6.48. The SMILES string of the molecule is CCN1c2ccc(/C=N/NC(=O)COc3cccc(Cl)c3)cc2C(C)CC1(C)C. The first kappa shape index (κ1) is 21.2. The van der Waals surface area contributed by atoms with Crippen LogP contribution in [0.4, 0.5) is 5.69 Å². The van der Waals surface area contributed by atoms with Crippen LogP contribution in [-0.4, -0.2) is 30.8 Å². The molecule has 1 aliphatic heterocycles. The monoisotopic (exact) mass is 413 g/mol. The van der Waals surface area contributed by atoms with Crippen LogP contribution in [0.25, 0.3) is 0 Å². The van der Waals surface area contributed by atoms with Crippen LogP contribution in [0.2, 0.25) is 5.02 Å². The molecular weight excluding hydrogens is 386 g/mol. The van der Waals surface area contributed by atoms with E-state index in [9.17, 15) is 4.79 Å². The number of anilines is 1. The van der Waals surface area contributed by atoms with Gasteiger partial charge < -0.3 is 9.64 Å². The van der Waals surface area contributed by atoms with Crippen molar-refractivity contribution in [2.75, 3.05) is 18.1 Å². The summed E-state index contributed by atoms with van der Waals surface area (Å²) in [5, 5.41) is 4.63. The van der Waals surface area contributed by atoms with Gasteiger partial charge in [-0.25, -0.2) is 5.43 Å². The van der Waals surface area contributed by atoms with Gasteiger partial charge >= 0.3 is 0 Å². The number of benzene rings is 2. The molecule has 0 aliphatic carbocycles. The van der Waals surface area contributed by atoms with Crippen molar-refractivity contribution in [3.8, 4) is 5.75 Å². The average Bonchev–Trinajstić information content (AvgIpc) is 2.66. The summed E-state index contributed by atoms with van der Waals surface area (Å²) in [6, 6.07) is 13.3. The highest BCUT2D eigenvalue weighted by Gasteiger charge is 2.35. The maximum atomic E-state index is 11.9. The van der Waals surface area contributed by atoms with E-state index in [0.717, 1.165) is 18.5 Å². The third kappa shape index (κ3) is 5.10. The second kappa shape index (κ2) is 8.87. The highest BCUT2D eigenvalue weighted by atomic mass is 35.5. The van der Waals surface area contributed by atoms with Gasteiger partial charge in [0.1, 0.15) is 5.75 Å². The number of carbonyl (C=O) groups is 1. The summed E-state index contributed by atoms with van der Waals surface area (Å²) in [4.78, 5) is 14.4. The first-order valence-electron chi connectivity index (χ1n) is 9.92. The molecule has 0 fully saturated rings. The molecule has 2 aromatic rings. The maximum absolute atomic E-state index is 11.9. The Balaban J connectivity index is 1.61. The summed E-state index contributed by atoms with van der Waals surface area (Å²) in [5.41, 5.74) is 6.22. The smallest absolute Gasteiger partial charge is 0.277 e. The van der Waals surface area contributed by atoms with Crippen molar-refractivity contribution >= 4 is 29.4 Å². The number of hydrazone groups is 1. The minimum absolute atomic E-state index is 0.126. The Morgan fingerprint density at radius 3 is 2.86 bits per heavy atom. The summed E-state index contributed by atoms with van der Waals surface area (Å²) in [6.07, 6.45) is 2.77. The van der Waals surface area contributed by atoms with Crippen LogP contribution < -0.4 is 15.1 Å². The highest BCUT2D eigenvalue weighted by Crippen LogP contribution is 2.43. The van der Waals surface area contributed by atoms with Gasteiger partial charge in [-0.3, -0.25) is 4.79 Å². The van der Waals surface area contributed by atoms with Crippen molar-refractivity contribution in [3.05, 3.63) is 58.6 Å². The van der Waals surface area contributed by atoms with E-state index < -0.39 is 0 Å². The predicted molar refractivity (Wildman–Crippen MR) is 119 cm³/mol. The third-order valence-corrected chi connectivity index (χ3v) is 5.53. The van der Waals surface area contributed by atoms with Crippen LogP contribution in [0.3, 0.4) is 0 Å². The lowest BCUT2D eigenvalue weighted by molar-refractivity contribution is -0.123. The zero-order valence-electron chi connectivity index (χ0n) is 17.4. The van der Waals surface area contributed by atoms with E-state index in [1.165, 1.54) is 11.3 Å². The van der Waals surface area contributed by atoms with Gasteiger partial charge in [-0.1, -0.05) is 30.7 Å². The molecule has 1 aliphatic rings. The minimum Gasteiger partial charge on any atom is -0.484 e. The Labute approximate surface area is 177 Å². The Morgan fingerprint density at radius 2 is 2.14 bits per heavy atom. The van der Waals surface area contributed by atoms with E-state index in [0.29, 0.717) is 16.7 Å². The first-order chi connectivity index (χ1) is 13.8. The van der Waals surface area contributed by atoms with Gasteiger partial charge in [0, 0.05) is 22.8 Å². The van der Waals surface area contributed by atoms with Gasteiger partial charge in [0.25, 0.3) is 5.91 Å². The molecule has 2 aromatic carbocycles. The molecule has 0 saturated heterocycles. The summed E-state index contributed by atoms with van der Waals surface area (Å²) in [7, 11) is 0. The number of nitrogens with one attached hydrogen (secondary N) is 1. The molecule has 3 rings (SSSR count). The number of hydrogen-bond donors (Lipinski definition) is 1. The largest absolute Gasteiger partial charge is 0.484 e. The summed E-state index contributed by atoms with van der Waals surface area (Å²) in [6.45, 7) is 9.91. The van der Waals surface area contributed by atoms with Gasteiger partial charge in [0.05, 0.1) is 6.21 Å². The highest BCUT2D eigenvalue weighted by molar-refractivity contribution is 6.30. The quantitative estimate of drug-likeness (QED) is 0.536. The molecule has 0 spiro atoms. The second-order valence-electron chi connectivity index (χ2n) is 8.02. The Morgan fingerprint density at radius 1 is 1.34 bits per heavy atom. The lowest BCUT2D eigenvalue weighted by atomic mass is 9.79. The zero-order valence-corrected chi connectivity index (χ0v) is 18.2. The molecule has 0 radical (unpaired) electrons. The fourth-order valence-electron chi connectivity index (χ4n) is 4.10. The Bertz CT molecular complexity index is 911. The van der Waals surface area contributed by atoms with Crippen LogP contribution in [0, 0.1) is 0 Å². The molecule has 1 amide bonds. The van der Waals surface area contributed by atoms with Gasteiger partial charge in [0.2, 0.25) is 0 Å². The molecule has 0 aromatic heterocycles. The molecule has 1 N–H and O–H groups in total. The molecule has 1 heterocycles. The van der Waals surface area contributed by atoms with Crippen molar-refractivity contribution in [1.29, 1.82) is 0 Å². The van der Waals surface area contributed by atoms with Gasteiger partial charge in [0.15, 0.2) is 6.61 Å². The predicted octanol–water partition coefficient (Wildman–Crippen LogP) is 4.98. The van der Waals surface area contributed by atoms with E-state index in [1.807, 2.05) is 6.07 Å². The molecule has 0 bridgehead atoms. The van der Waals surface area contributed by atoms with Crippen molar-refractivity contribution in [3.63, 3.8) is 0 Å². The Hall–Kier alpha value is -2.53. The molecular formula is C23H28ClN3O2. The number of nitrogens with zero attached hydrogens (tertiary/aromatic N) is 2. The zero-order chi connectivity index (χ0) is 21.0. The number of rotatable bonds is 6. The van der Waals surface area contributed by atoms with Crippen LogP contribution in [0.5, 0.6) is 5.75 Å². The third-order valence-electron chi connectivity index (χ3n) is 5.29. The lowest BCUT2D eigenvalue weighted by Gasteiger charge is -2.47. The van der Waals surface area contributed by atoms with Crippen LogP contribution in [0.1, 0.15) is 51.2 Å². The molecule has 0 saturated carbocycles. The fraction of sp³-hybridized carbons (Fsp3) is 0.391. The summed E-state index contributed by atoms with van der Waals surface area (Å²) < 4.78 is 5.41. The number of hydrogen-bond acceptors (Lipinski definition) is 4. The second-order valence-corrected chi connectivity index (χ2v) is 8.46. The number of carbonyl (C=O) groups excluding carboxylic acids is 1. The summed E-state index contributed by atoms with van der Waals surface area (Å²) in [5.74, 6) is 0.687. The van der Waals surface area contributed by atoms with Gasteiger partial charge in [-0.15, -0.1) is 0 Å². The summed E-state index contributed by atoms with van der Waals surface area (Å²) >= 11 is 5.90. The number of halogens is 1. The number of ether oxygens (including phenoxy) is 1. The van der Waals surface area contributed by atoms with E-state index in [4.69, 9.17) is 16.3 Å². The van der Waals surface area contributed by atoms with E-state index in [-0.39, 0.29) is 18.1 Å². The normalized spacial score (nSPS) is 17.8. The lowest BCUT2D eigenvalue weighted by Crippen LogP contribution is -2.48. The van der Waals surface area contributed by atoms with E-state index in [2.05, 4.69) is 55.3 Å². The van der Waals surface area contributed by atoms with Crippen LogP contribution in [0.15, 0.2) is 47.6 Å². The first-order valence-corrected chi connectivity index (χ1v) is 10.3. The standard InChI is InChI=1S/C23H28ClN3O2/c1-5-27-21-10-9-17(11-20(21)16(2)13-23(27,3)4)14-25-26-22(28)15-29-19-8-6-7-18(24)12-19/h6-12,14,16H,5,13,15H2,1-4H3,(H,26,28)/b25-14+. The van der Waals surface area contributed by atoms with Crippen molar-refractivity contribution in [2.24, 2.45) is 5.10 Å². The molecule has 6 heteroatoms. The molecule has 1 unspecified atom stereocenters. The van der Waals surface area contributed by atoms with Gasteiger partial charge in [-0.05, 0) is 74.6 Å². The molecule has 5 nitrogen and oxygen atoms in total. The molecule has 1 atom stereocenters. The fourth-order valence-corrected chi connectivity index (χ4v) is 4.28. The van der Waals surface area contributed by atoms with Crippen molar-refractivity contribution in [1.82, 2.24) is 5.43 Å². The van der Waals surface area contributed by atoms with Gasteiger partial charge in [-0.2, -0.15) is 5.10 Å². The number of fused-ring (bicyclic) bond motifs is 1. The van der Waals surface area contributed by atoms with Crippen LogP contribution >= 0.6 is 11.6 Å². The molecule has 154 valence electrons. The van der Waals surface area contributed by atoms with Crippen LogP contribution in [-0.2, 0) is 4.79 Å². The van der Waals surface area contributed by atoms with Crippen molar-refractivity contribution in [2.45, 2.75) is 45.6 Å². The van der Waals surface area contributed by atoms with E-state index in [1.54, 1.807) is 30.5 Å². The average molecular weight is 414 g/mol. The number of amides is 1. The molecule has 29 heavy (non-hydrogen) atoms. The van der Waals surface area contributed by atoms with E-state index >= 15 is 0 Å². The minimum atomic E-state index is -0.327.